The number of amides is 2. The first-order valence-corrected chi connectivity index (χ1v) is 11.0. The van der Waals surface area contributed by atoms with Gasteiger partial charge in [-0.1, -0.05) is 25.3 Å². The van der Waals surface area contributed by atoms with Gasteiger partial charge < -0.3 is 4.90 Å². The number of imide groups is 1. The Morgan fingerprint density at radius 3 is 2.43 bits per heavy atom. The summed E-state index contributed by atoms with van der Waals surface area (Å²) in [5, 5.41) is 2.48. The molecule has 1 atom stereocenters. The van der Waals surface area contributed by atoms with Crippen molar-refractivity contribution >= 4 is 17.5 Å². The molecule has 1 aromatic carbocycles. The Labute approximate surface area is 168 Å². The number of aryl methyl sites for hydroxylation is 1. The van der Waals surface area contributed by atoms with Crippen molar-refractivity contribution in [3.8, 4) is 0 Å². The lowest BCUT2D eigenvalue weighted by Crippen LogP contribution is -2.48. The number of carbonyl (C=O) groups is 2. The zero-order valence-corrected chi connectivity index (χ0v) is 17.1. The fourth-order valence-electron chi connectivity index (χ4n) is 5.16. The van der Waals surface area contributed by atoms with Gasteiger partial charge in [0.15, 0.2) is 0 Å². The van der Waals surface area contributed by atoms with Gasteiger partial charge in [0.2, 0.25) is 11.8 Å². The molecule has 5 nitrogen and oxygen atoms in total. The molecule has 1 N–H and O–H groups in total. The molecule has 4 rings (SSSR count). The molecule has 1 unspecified atom stereocenters. The molecule has 28 heavy (non-hydrogen) atoms. The summed E-state index contributed by atoms with van der Waals surface area (Å²) in [6, 6.07) is 6.47. The number of anilines is 1. The molecule has 152 valence electrons. The van der Waals surface area contributed by atoms with E-state index >= 15 is 0 Å². The Balaban J connectivity index is 1.34. The smallest absolute Gasteiger partial charge is 0.234 e. The molecule has 1 saturated carbocycles. The minimum absolute atomic E-state index is 0.150. The minimum atomic E-state index is -0.195. The monoisotopic (exact) mass is 383 g/mol. The number of carbonyl (C=O) groups excluding carboxylic acids is 2. The molecule has 0 radical (unpaired) electrons. The van der Waals surface area contributed by atoms with Gasteiger partial charge in [-0.25, -0.2) is 0 Å². The number of nitrogens with one attached hydrogen (secondary N) is 1. The van der Waals surface area contributed by atoms with E-state index in [1.54, 1.807) is 0 Å². The van der Waals surface area contributed by atoms with E-state index in [0.717, 1.165) is 43.2 Å². The standard InChI is InChI=1S/C23H33N3O2/c1-17-15-19(7-8-20(17)21-9-10-22(27)24-23(21)28)26-13-11-25(12-14-26)16-18-5-3-2-4-6-18/h7-8,15,18,21H,2-6,9-14,16H2,1H3,(H,24,27,28). The maximum absolute atomic E-state index is 12.2. The van der Waals surface area contributed by atoms with Crippen LogP contribution < -0.4 is 10.2 Å². The van der Waals surface area contributed by atoms with Crippen LogP contribution in [0.15, 0.2) is 18.2 Å². The number of benzene rings is 1. The van der Waals surface area contributed by atoms with E-state index in [0.29, 0.717) is 12.8 Å². The molecule has 2 aliphatic heterocycles. The molecule has 2 amide bonds. The van der Waals surface area contributed by atoms with Gasteiger partial charge >= 0.3 is 0 Å². The molecule has 2 heterocycles. The van der Waals surface area contributed by atoms with Crippen molar-refractivity contribution in [2.75, 3.05) is 37.6 Å². The number of hydrogen-bond acceptors (Lipinski definition) is 4. The average Bonchev–Trinajstić information content (AvgIpc) is 2.70. The second kappa shape index (κ2) is 8.64. The maximum atomic E-state index is 12.2. The molecule has 2 saturated heterocycles. The van der Waals surface area contributed by atoms with E-state index < -0.39 is 0 Å². The van der Waals surface area contributed by atoms with E-state index in [1.165, 1.54) is 44.3 Å². The van der Waals surface area contributed by atoms with Gasteiger partial charge in [0.25, 0.3) is 0 Å². The highest BCUT2D eigenvalue weighted by Crippen LogP contribution is 2.31. The van der Waals surface area contributed by atoms with Crippen LogP contribution in [0, 0.1) is 12.8 Å². The Kier molecular flexibility index (Phi) is 6.00. The van der Waals surface area contributed by atoms with Crippen LogP contribution in [0.25, 0.3) is 0 Å². The SMILES string of the molecule is Cc1cc(N2CCN(CC3CCCCC3)CC2)ccc1C1CCC(=O)NC1=O. The number of piperazine rings is 1. The molecule has 1 aromatic rings. The van der Waals surface area contributed by atoms with Gasteiger partial charge in [0, 0.05) is 44.8 Å². The fourth-order valence-corrected chi connectivity index (χ4v) is 5.16. The molecule has 0 spiro atoms. The third-order valence-electron chi connectivity index (χ3n) is 6.85. The first-order valence-electron chi connectivity index (χ1n) is 11.0. The van der Waals surface area contributed by atoms with Gasteiger partial charge in [0.1, 0.15) is 0 Å². The number of piperidine rings is 1. The quantitative estimate of drug-likeness (QED) is 0.811. The third kappa shape index (κ3) is 4.40. The first kappa shape index (κ1) is 19.4. The zero-order chi connectivity index (χ0) is 19.5. The van der Waals surface area contributed by atoms with Crippen molar-refractivity contribution < 1.29 is 9.59 Å². The Morgan fingerprint density at radius 2 is 1.75 bits per heavy atom. The minimum Gasteiger partial charge on any atom is -0.369 e. The molecule has 0 aromatic heterocycles. The van der Waals surface area contributed by atoms with Crippen LogP contribution in [0.2, 0.25) is 0 Å². The predicted molar refractivity (Wildman–Crippen MR) is 112 cm³/mol. The van der Waals surface area contributed by atoms with Crippen LogP contribution in [0.5, 0.6) is 0 Å². The normalized spacial score (nSPS) is 25.0. The van der Waals surface area contributed by atoms with Crippen LogP contribution >= 0.6 is 0 Å². The largest absolute Gasteiger partial charge is 0.369 e. The molecule has 0 bridgehead atoms. The summed E-state index contributed by atoms with van der Waals surface area (Å²) in [7, 11) is 0. The Hall–Kier alpha value is -1.88. The second-order valence-corrected chi connectivity index (χ2v) is 8.84. The molecule has 5 heteroatoms. The fraction of sp³-hybridized carbons (Fsp3) is 0.652. The summed E-state index contributed by atoms with van der Waals surface area (Å²) in [5.74, 6) is 0.416. The summed E-state index contributed by atoms with van der Waals surface area (Å²) in [4.78, 5) is 28.7. The third-order valence-corrected chi connectivity index (χ3v) is 6.85. The number of hydrogen-bond donors (Lipinski definition) is 1. The zero-order valence-electron chi connectivity index (χ0n) is 17.1. The summed E-state index contributed by atoms with van der Waals surface area (Å²) >= 11 is 0. The van der Waals surface area contributed by atoms with Crippen LogP contribution in [-0.2, 0) is 9.59 Å². The van der Waals surface area contributed by atoms with Crippen LogP contribution in [-0.4, -0.2) is 49.4 Å². The summed E-state index contributed by atoms with van der Waals surface area (Å²) in [5.41, 5.74) is 3.46. The maximum Gasteiger partial charge on any atom is 0.234 e. The average molecular weight is 384 g/mol. The first-order chi connectivity index (χ1) is 13.6. The van der Waals surface area contributed by atoms with E-state index in [2.05, 4.69) is 40.2 Å². The van der Waals surface area contributed by atoms with Crippen molar-refractivity contribution in [3.05, 3.63) is 29.3 Å². The van der Waals surface area contributed by atoms with Gasteiger partial charge in [0.05, 0.1) is 5.92 Å². The second-order valence-electron chi connectivity index (χ2n) is 8.84. The van der Waals surface area contributed by atoms with Gasteiger partial charge in [-0.05, 0) is 55.4 Å². The van der Waals surface area contributed by atoms with Crippen LogP contribution in [0.4, 0.5) is 5.69 Å². The molecule has 3 fully saturated rings. The molecular formula is C23H33N3O2. The van der Waals surface area contributed by atoms with E-state index in [9.17, 15) is 9.59 Å². The lowest BCUT2D eigenvalue weighted by atomic mass is 9.87. The molecule has 1 aliphatic carbocycles. The van der Waals surface area contributed by atoms with E-state index in [1.807, 2.05) is 0 Å². The van der Waals surface area contributed by atoms with Crippen LogP contribution in [0.3, 0.4) is 0 Å². The Morgan fingerprint density at radius 1 is 1.00 bits per heavy atom. The lowest BCUT2D eigenvalue weighted by molar-refractivity contribution is -0.134. The highest BCUT2D eigenvalue weighted by molar-refractivity contribution is 6.01. The predicted octanol–water partition coefficient (Wildman–Crippen LogP) is 3.22. The Bertz CT molecular complexity index is 719. The van der Waals surface area contributed by atoms with Crippen LogP contribution in [0.1, 0.15) is 62.0 Å². The highest BCUT2D eigenvalue weighted by Gasteiger charge is 2.29. The molecular weight excluding hydrogens is 350 g/mol. The summed E-state index contributed by atoms with van der Waals surface area (Å²) in [6.45, 7) is 7.80. The molecule has 3 aliphatic rings. The van der Waals surface area contributed by atoms with E-state index in [-0.39, 0.29) is 17.7 Å². The van der Waals surface area contributed by atoms with Crippen molar-refractivity contribution in [2.45, 2.75) is 57.8 Å². The van der Waals surface area contributed by atoms with Gasteiger partial charge in [-0.15, -0.1) is 0 Å². The van der Waals surface area contributed by atoms with Crippen molar-refractivity contribution in [1.82, 2.24) is 10.2 Å². The highest BCUT2D eigenvalue weighted by atomic mass is 16.2. The number of nitrogens with zero attached hydrogens (tertiary/aromatic N) is 2. The van der Waals surface area contributed by atoms with Crippen molar-refractivity contribution in [1.29, 1.82) is 0 Å². The van der Waals surface area contributed by atoms with E-state index in [4.69, 9.17) is 0 Å². The lowest BCUT2D eigenvalue weighted by Gasteiger charge is -2.38. The van der Waals surface area contributed by atoms with Crippen molar-refractivity contribution in [3.63, 3.8) is 0 Å². The summed E-state index contributed by atoms with van der Waals surface area (Å²) in [6.07, 6.45) is 8.15. The van der Waals surface area contributed by atoms with Gasteiger partial charge in [-0.2, -0.15) is 0 Å². The summed E-state index contributed by atoms with van der Waals surface area (Å²) < 4.78 is 0. The number of rotatable bonds is 4. The van der Waals surface area contributed by atoms with Crippen molar-refractivity contribution in [2.24, 2.45) is 5.92 Å². The topological polar surface area (TPSA) is 52.6 Å². The van der Waals surface area contributed by atoms with Gasteiger partial charge in [-0.3, -0.25) is 19.8 Å².